The van der Waals surface area contributed by atoms with Crippen LogP contribution < -0.4 is 5.32 Å². The molecule has 0 spiro atoms. The van der Waals surface area contributed by atoms with Gasteiger partial charge in [0.25, 0.3) is 5.91 Å². The quantitative estimate of drug-likeness (QED) is 0.917. The van der Waals surface area contributed by atoms with Crippen LogP contribution in [0.2, 0.25) is 0 Å². The number of nitrogens with zero attached hydrogens (tertiary/aromatic N) is 3. The summed E-state index contributed by atoms with van der Waals surface area (Å²) >= 11 is 0. The molecule has 2 rings (SSSR count). The lowest BCUT2D eigenvalue weighted by atomic mass is 10.0. The van der Waals surface area contributed by atoms with E-state index in [2.05, 4.69) is 20.4 Å². The Morgan fingerprint density at radius 3 is 2.52 bits per heavy atom. The maximum Gasteiger partial charge on any atom is 0.254 e. The average Bonchev–Trinajstić information content (AvgIpc) is 2.78. The molecule has 0 fully saturated rings. The standard InChI is InChI=1S/C17H24N4O2/c1-9(2)16-15(8-18-13(6)20-16)17(22)19-10(3)7-14-11(4)21-23-12(14)5/h8-10H,7H2,1-6H3,(H,19,22)/t10-/m1/s1. The van der Waals surface area contributed by atoms with E-state index in [0.29, 0.717) is 17.8 Å². The maximum atomic E-state index is 12.6. The molecule has 0 unspecified atom stereocenters. The Morgan fingerprint density at radius 2 is 1.96 bits per heavy atom. The molecule has 23 heavy (non-hydrogen) atoms. The minimum atomic E-state index is -0.145. The third kappa shape index (κ3) is 3.94. The molecule has 1 atom stereocenters. The second kappa shape index (κ2) is 6.89. The van der Waals surface area contributed by atoms with Crippen LogP contribution in [0.15, 0.2) is 10.7 Å². The van der Waals surface area contributed by atoms with Gasteiger partial charge in [-0.25, -0.2) is 9.97 Å². The molecule has 0 saturated heterocycles. The van der Waals surface area contributed by atoms with Gasteiger partial charge >= 0.3 is 0 Å². The molecule has 1 amide bonds. The monoisotopic (exact) mass is 316 g/mol. The number of hydrogen-bond acceptors (Lipinski definition) is 5. The average molecular weight is 316 g/mol. The lowest BCUT2D eigenvalue weighted by molar-refractivity contribution is 0.0937. The summed E-state index contributed by atoms with van der Waals surface area (Å²) in [5.74, 6) is 1.49. The number of carbonyl (C=O) groups excluding carboxylic acids is 1. The Labute approximate surface area is 136 Å². The van der Waals surface area contributed by atoms with E-state index >= 15 is 0 Å². The lowest BCUT2D eigenvalue weighted by Crippen LogP contribution is -2.35. The Bertz CT molecular complexity index is 687. The molecule has 0 saturated carbocycles. The first-order chi connectivity index (χ1) is 10.8. The highest BCUT2D eigenvalue weighted by Crippen LogP contribution is 2.18. The summed E-state index contributed by atoms with van der Waals surface area (Å²) in [6.07, 6.45) is 2.28. The lowest BCUT2D eigenvalue weighted by Gasteiger charge is -2.16. The molecule has 0 bridgehead atoms. The van der Waals surface area contributed by atoms with Gasteiger partial charge in [-0.3, -0.25) is 4.79 Å². The molecule has 0 aliphatic rings. The Balaban J connectivity index is 2.13. The minimum Gasteiger partial charge on any atom is -0.361 e. The van der Waals surface area contributed by atoms with Crippen molar-refractivity contribution in [1.82, 2.24) is 20.4 Å². The fourth-order valence-corrected chi connectivity index (χ4v) is 2.55. The van der Waals surface area contributed by atoms with E-state index in [4.69, 9.17) is 4.52 Å². The van der Waals surface area contributed by atoms with Crippen molar-refractivity contribution >= 4 is 5.91 Å². The number of aromatic nitrogens is 3. The molecular weight excluding hydrogens is 292 g/mol. The number of rotatable bonds is 5. The van der Waals surface area contributed by atoms with Gasteiger partial charge in [-0.15, -0.1) is 0 Å². The van der Waals surface area contributed by atoms with Crippen LogP contribution in [0, 0.1) is 20.8 Å². The van der Waals surface area contributed by atoms with Crippen molar-refractivity contribution in [3.8, 4) is 0 Å². The molecule has 0 aromatic carbocycles. The van der Waals surface area contributed by atoms with Gasteiger partial charge in [-0.1, -0.05) is 19.0 Å². The Morgan fingerprint density at radius 1 is 1.26 bits per heavy atom. The van der Waals surface area contributed by atoms with E-state index in [1.165, 1.54) is 0 Å². The van der Waals surface area contributed by atoms with Crippen molar-refractivity contribution in [1.29, 1.82) is 0 Å². The number of amides is 1. The normalized spacial score (nSPS) is 12.5. The van der Waals surface area contributed by atoms with E-state index in [1.807, 2.05) is 41.5 Å². The first-order valence-electron chi connectivity index (χ1n) is 7.85. The van der Waals surface area contributed by atoms with E-state index in [0.717, 1.165) is 22.7 Å². The molecule has 6 nitrogen and oxygen atoms in total. The van der Waals surface area contributed by atoms with Crippen LogP contribution in [-0.4, -0.2) is 27.1 Å². The summed E-state index contributed by atoms with van der Waals surface area (Å²) in [6, 6.07) is -0.0411. The van der Waals surface area contributed by atoms with Crippen LogP contribution in [0.4, 0.5) is 0 Å². The molecule has 2 aromatic rings. The van der Waals surface area contributed by atoms with Crippen molar-refractivity contribution in [2.24, 2.45) is 0 Å². The fourth-order valence-electron chi connectivity index (χ4n) is 2.55. The first-order valence-corrected chi connectivity index (χ1v) is 7.85. The maximum absolute atomic E-state index is 12.6. The number of aryl methyl sites for hydroxylation is 3. The molecule has 1 N–H and O–H groups in total. The Kier molecular flexibility index (Phi) is 5.13. The van der Waals surface area contributed by atoms with E-state index in [9.17, 15) is 4.79 Å². The number of hydrogen-bond donors (Lipinski definition) is 1. The molecule has 124 valence electrons. The van der Waals surface area contributed by atoms with Gasteiger partial charge in [0.05, 0.1) is 17.0 Å². The molecule has 6 heteroatoms. The van der Waals surface area contributed by atoms with Gasteiger partial charge in [0.2, 0.25) is 0 Å². The van der Waals surface area contributed by atoms with Crippen LogP contribution in [-0.2, 0) is 6.42 Å². The predicted molar refractivity (Wildman–Crippen MR) is 87.5 cm³/mol. The highest BCUT2D eigenvalue weighted by atomic mass is 16.5. The molecule has 0 radical (unpaired) electrons. The highest BCUT2D eigenvalue weighted by molar-refractivity contribution is 5.95. The van der Waals surface area contributed by atoms with Crippen LogP contribution in [0.3, 0.4) is 0 Å². The SMILES string of the molecule is Cc1ncc(C(=O)N[C@H](C)Cc2c(C)noc2C)c(C(C)C)n1. The molecule has 0 aliphatic heterocycles. The second-order valence-corrected chi connectivity index (χ2v) is 6.25. The summed E-state index contributed by atoms with van der Waals surface area (Å²) in [4.78, 5) is 21.1. The number of carbonyl (C=O) groups is 1. The van der Waals surface area contributed by atoms with Crippen LogP contribution in [0.5, 0.6) is 0 Å². The fraction of sp³-hybridized carbons (Fsp3) is 0.529. The second-order valence-electron chi connectivity index (χ2n) is 6.25. The third-order valence-electron chi connectivity index (χ3n) is 3.80. The molecular formula is C17H24N4O2. The van der Waals surface area contributed by atoms with Gasteiger partial charge in [0.15, 0.2) is 0 Å². The number of nitrogens with one attached hydrogen (secondary N) is 1. The van der Waals surface area contributed by atoms with Crippen molar-refractivity contribution in [3.63, 3.8) is 0 Å². The van der Waals surface area contributed by atoms with Crippen molar-refractivity contribution in [3.05, 3.63) is 40.3 Å². The summed E-state index contributed by atoms with van der Waals surface area (Å²) in [6.45, 7) is 11.6. The van der Waals surface area contributed by atoms with Gasteiger partial charge in [0.1, 0.15) is 11.6 Å². The zero-order valence-corrected chi connectivity index (χ0v) is 14.6. The molecule has 0 aliphatic carbocycles. The van der Waals surface area contributed by atoms with Crippen molar-refractivity contribution in [2.45, 2.75) is 59.9 Å². The zero-order chi connectivity index (χ0) is 17.1. The van der Waals surface area contributed by atoms with Gasteiger partial charge in [-0.2, -0.15) is 0 Å². The highest BCUT2D eigenvalue weighted by Gasteiger charge is 2.19. The van der Waals surface area contributed by atoms with Crippen LogP contribution in [0.1, 0.15) is 65.6 Å². The molecule has 2 heterocycles. The van der Waals surface area contributed by atoms with Gasteiger partial charge in [-0.05, 0) is 40.0 Å². The van der Waals surface area contributed by atoms with E-state index in [-0.39, 0.29) is 17.9 Å². The van der Waals surface area contributed by atoms with E-state index < -0.39 is 0 Å². The molecule has 2 aromatic heterocycles. The van der Waals surface area contributed by atoms with Crippen LogP contribution in [0.25, 0.3) is 0 Å². The smallest absolute Gasteiger partial charge is 0.254 e. The summed E-state index contributed by atoms with van der Waals surface area (Å²) < 4.78 is 5.17. The first kappa shape index (κ1) is 17.1. The topological polar surface area (TPSA) is 80.9 Å². The Hall–Kier alpha value is -2.24. The van der Waals surface area contributed by atoms with E-state index in [1.54, 1.807) is 6.20 Å². The summed E-state index contributed by atoms with van der Waals surface area (Å²) in [7, 11) is 0. The van der Waals surface area contributed by atoms with Crippen LogP contribution >= 0.6 is 0 Å². The van der Waals surface area contributed by atoms with Crippen molar-refractivity contribution < 1.29 is 9.32 Å². The van der Waals surface area contributed by atoms with Gasteiger partial charge < -0.3 is 9.84 Å². The zero-order valence-electron chi connectivity index (χ0n) is 14.6. The third-order valence-corrected chi connectivity index (χ3v) is 3.80. The summed E-state index contributed by atoms with van der Waals surface area (Å²) in [5.41, 5.74) is 3.22. The van der Waals surface area contributed by atoms with Gasteiger partial charge in [0, 0.05) is 17.8 Å². The minimum absolute atomic E-state index is 0.0411. The largest absolute Gasteiger partial charge is 0.361 e. The summed E-state index contributed by atoms with van der Waals surface area (Å²) in [5, 5.41) is 6.96. The van der Waals surface area contributed by atoms with Crippen molar-refractivity contribution in [2.75, 3.05) is 0 Å². The predicted octanol–water partition coefficient (Wildman–Crippen LogP) is 2.87.